The third kappa shape index (κ3) is 3.29. The molecule has 1 fully saturated rings. The molecule has 1 N–H and O–H groups in total. The fourth-order valence-electron chi connectivity index (χ4n) is 1.98. The molecule has 0 radical (unpaired) electrons. The molecule has 0 aromatic carbocycles. The molecule has 2 rings (SSSR count). The van der Waals surface area contributed by atoms with Crippen LogP contribution in [0.2, 0.25) is 4.34 Å². The Morgan fingerprint density at radius 1 is 1.60 bits per heavy atom. The van der Waals surface area contributed by atoms with Crippen LogP contribution in [-0.2, 0) is 14.8 Å². The Bertz CT molecular complexity index is 622. The predicted octanol–water partition coefficient (Wildman–Crippen LogP) is 2.16. The lowest BCUT2D eigenvalue weighted by Crippen LogP contribution is -2.51. The molecule has 1 saturated heterocycles. The van der Waals surface area contributed by atoms with Crippen LogP contribution in [0.15, 0.2) is 10.3 Å². The summed E-state index contributed by atoms with van der Waals surface area (Å²) in [5.41, 5.74) is -1.11. The Hall–Kier alpha value is -0.740. The van der Waals surface area contributed by atoms with Gasteiger partial charge in [0.1, 0.15) is 4.21 Å². The Morgan fingerprint density at radius 2 is 2.30 bits per heavy atom. The van der Waals surface area contributed by atoms with Gasteiger partial charge in [0.15, 0.2) is 4.34 Å². The van der Waals surface area contributed by atoms with Crippen molar-refractivity contribution in [3.05, 3.63) is 20.5 Å². The van der Waals surface area contributed by atoms with Gasteiger partial charge in [-0.1, -0.05) is 11.6 Å². The summed E-state index contributed by atoms with van der Waals surface area (Å²) >= 11 is 6.35. The highest BCUT2D eigenvalue weighted by atomic mass is 35.5. The number of thiophene rings is 1. The Balaban J connectivity index is 2.26. The van der Waals surface area contributed by atoms with Crippen molar-refractivity contribution in [3.8, 4) is 0 Å². The van der Waals surface area contributed by atoms with Gasteiger partial charge in [0, 0.05) is 12.7 Å². The van der Waals surface area contributed by atoms with Crippen LogP contribution in [0.25, 0.3) is 0 Å². The van der Waals surface area contributed by atoms with E-state index in [4.69, 9.17) is 16.3 Å². The SMILES string of the molecule is CC1(NS(=O)(=O)c2cc([N+](=O)[O-])c(Cl)s2)CCCOC1. The molecule has 1 unspecified atom stereocenters. The van der Waals surface area contributed by atoms with E-state index in [2.05, 4.69) is 4.72 Å². The molecule has 20 heavy (non-hydrogen) atoms. The summed E-state index contributed by atoms with van der Waals surface area (Å²) in [5.74, 6) is 0. The van der Waals surface area contributed by atoms with E-state index in [0.29, 0.717) is 24.4 Å². The van der Waals surface area contributed by atoms with Crippen molar-refractivity contribution in [2.75, 3.05) is 13.2 Å². The van der Waals surface area contributed by atoms with E-state index in [1.54, 1.807) is 6.92 Å². The zero-order valence-electron chi connectivity index (χ0n) is 10.6. The molecule has 1 aromatic rings. The maximum Gasteiger partial charge on any atom is 0.300 e. The summed E-state index contributed by atoms with van der Waals surface area (Å²) in [7, 11) is -3.85. The van der Waals surface area contributed by atoms with Crippen molar-refractivity contribution in [1.29, 1.82) is 0 Å². The zero-order valence-corrected chi connectivity index (χ0v) is 13.0. The summed E-state index contributed by atoms with van der Waals surface area (Å²) in [5, 5.41) is 10.7. The first kappa shape index (κ1) is 15.6. The normalized spacial score (nSPS) is 23.7. The third-order valence-corrected chi connectivity index (χ3v) is 6.38. The van der Waals surface area contributed by atoms with E-state index in [1.807, 2.05) is 0 Å². The smallest absolute Gasteiger partial charge is 0.300 e. The Kier molecular flexibility index (Phi) is 4.35. The number of hydrogen-bond donors (Lipinski definition) is 1. The molecule has 0 spiro atoms. The first-order chi connectivity index (χ1) is 9.23. The fourth-order valence-corrected chi connectivity index (χ4v) is 5.07. The van der Waals surface area contributed by atoms with Gasteiger partial charge in [0.25, 0.3) is 15.7 Å². The van der Waals surface area contributed by atoms with E-state index in [0.717, 1.165) is 12.5 Å². The largest absolute Gasteiger partial charge is 0.380 e. The molecule has 0 aliphatic carbocycles. The highest BCUT2D eigenvalue weighted by Gasteiger charge is 2.35. The highest BCUT2D eigenvalue weighted by molar-refractivity contribution is 7.91. The minimum absolute atomic E-state index is 0.152. The molecule has 1 aliphatic rings. The van der Waals surface area contributed by atoms with Crippen LogP contribution in [0, 0.1) is 10.1 Å². The number of ether oxygens (including phenoxy) is 1. The maximum atomic E-state index is 12.3. The van der Waals surface area contributed by atoms with Crippen LogP contribution >= 0.6 is 22.9 Å². The van der Waals surface area contributed by atoms with Crippen LogP contribution in [-0.4, -0.2) is 32.1 Å². The van der Waals surface area contributed by atoms with E-state index in [1.165, 1.54) is 0 Å². The lowest BCUT2D eigenvalue weighted by Gasteiger charge is -2.33. The molecule has 7 nitrogen and oxygen atoms in total. The fraction of sp³-hybridized carbons (Fsp3) is 0.600. The number of hydrogen-bond acceptors (Lipinski definition) is 6. The van der Waals surface area contributed by atoms with Crippen LogP contribution in [0.5, 0.6) is 0 Å². The van der Waals surface area contributed by atoms with Crippen LogP contribution in [0.3, 0.4) is 0 Å². The van der Waals surface area contributed by atoms with Crippen molar-refractivity contribution in [2.45, 2.75) is 29.5 Å². The molecule has 0 amide bonds. The predicted molar refractivity (Wildman–Crippen MR) is 74.8 cm³/mol. The minimum atomic E-state index is -3.85. The molecule has 0 bridgehead atoms. The molecule has 1 aliphatic heterocycles. The third-order valence-electron chi connectivity index (χ3n) is 2.93. The Labute approximate surface area is 125 Å². The van der Waals surface area contributed by atoms with Gasteiger partial charge >= 0.3 is 0 Å². The molecule has 112 valence electrons. The highest BCUT2D eigenvalue weighted by Crippen LogP contribution is 2.36. The van der Waals surface area contributed by atoms with Gasteiger partial charge in [-0.3, -0.25) is 10.1 Å². The summed E-state index contributed by atoms with van der Waals surface area (Å²) in [6, 6.07) is 0.975. The molecule has 2 heterocycles. The van der Waals surface area contributed by atoms with Crippen molar-refractivity contribution in [2.24, 2.45) is 0 Å². The van der Waals surface area contributed by atoms with E-state index < -0.39 is 26.2 Å². The van der Waals surface area contributed by atoms with Gasteiger partial charge in [0.05, 0.1) is 17.1 Å². The lowest BCUT2D eigenvalue weighted by atomic mass is 9.97. The number of halogens is 1. The van der Waals surface area contributed by atoms with Crippen LogP contribution in [0.1, 0.15) is 19.8 Å². The monoisotopic (exact) mass is 340 g/mol. The summed E-state index contributed by atoms with van der Waals surface area (Å²) in [4.78, 5) is 10.0. The second-order valence-corrected chi connectivity index (χ2v) is 8.37. The summed E-state index contributed by atoms with van der Waals surface area (Å²) < 4.78 is 32.0. The second kappa shape index (κ2) is 5.57. The molecular formula is C10H13ClN2O5S2. The number of nitrogens with zero attached hydrogens (tertiary/aromatic N) is 1. The minimum Gasteiger partial charge on any atom is -0.380 e. The first-order valence-corrected chi connectivity index (χ1v) is 8.47. The van der Waals surface area contributed by atoms with Gasteiger partial charge in [-0.2, -0.15) is 0 Å². The molecule has 0 saturated carbocycles. The molecule has 1 atom stereocenters. The maximum absolute atomic E-state index is 12.3. The lowest BCUT2D eigenvalue weighted by molar-refractivity contribution is -0.384. The average Bonchev–Trinajstić information content (AvgIpc) is 2.72. The van der Waals surface area contributed by atoms with E-state index in [9.17, 15) is 18.5 Å². The quantitative estimate of drug-likeness (QED) is 0.669. The summed E-state index contributed by atoms with van der Waals surface area (Å²) in [6.07, 6.45) is 1.40. The number of nitro groups is 1. The zero-order chi connectivity index (χ0) is 15.0. The van der Waals surface area contributed by atoms with E-state index in [-0.39, 0.29) is 15.2 Å². The molecule has 1 aromatic heterocycles. The van der Waals surface area contributed by atoms with Crippen molar-refractivity contribution in [1.82, 2.24) is 4.72 Å². The van der Waals surface area contributed by atoms with Gasteiger partial charge in [0.2, 0.25) is 0 Å². The number of rotatable bonds is 4. The molecular weight excluding hydrogens is 328 g/mol. The standard InChI is InChI=1S/C10H13ClN2O5S2/c1-10(3-2-4-18-6-10)12-20(16,17)8-5-7(13(14)15)9(11)19-8/h5,12H,2-4,6H2,1H3. The van der Waals surface area contributed by atoms with Crippen molar-refractivity contribution in [3.63, 3.8) is 0 Å². The topological polar surface area (TPSA) is 98.5 Å². The van der Waals surface area contributed by atoms with Crippen molar-refractivity contribution < 1.29 is 18.1 Å². The second-order valence-electron chi connectivity index (χ2n) is 4.80. The average molecular weight is 341 g/mol. The van der Waals surface area contributed by atoms with Gasteiger partial charge < -0.3 is 4.74 Å². The number of nitrogens with one attached hydrogen (secondary N) is 1. The van der Waals surface area contributed by atoms with Gasteiger partial charge in [-0.15, -0.1) is 11.3 Å². The first-order valence-electron chi connectivity index (χ1n) is 5.79. The van der Waals surface area contributed by atoms with E-state index >= 15 is 0 Å². The molecule has 10 heteroatoms. The Morgan fingerprint density at radius 3 is 2.80 bits per heavy atom. The van der Waals surface area contributed by atoms with Crippen LogP contribution < -0.4 is 4.72 Å². The van der Waals surface area contributed by atoms with Gasteiger partial charge in [-0.25, -0.2) is 13.1 Å². The van der Waals surface area contributed by atoms with Crippen LogP contribution in [0.4, 0.5) is 5.69 Å². The number of sulfonamides is 1. The summed E-state index contributed by atoms with van der Waals surface area (Å²) in [6.45, 7) is 2.62. The van der Waals surface area contributed by atoms with Crippen molar-refractivity contribution >= 4 is 38.6 Å². The van der Waals surface area contributed by atoms with Gasteiger partial charge in [-0.05, 0) is 19.8 Å².